The van der Waals surface area contributed by atoms with E-state index in [4.69, 9.17) is 0 Å². The van der Waals surface area contributed by atoms with E-state index in [-0.39, 0.29) is 0 Å². The molecule has 0 radical (unpaired) electrons. The van der Waals surface area contributed by atoms with Crippen LogP contribution in [0, 0.1) is 3.57 Å². The van der Waals surface area contributed by atoms with Gasteiger partial charge >= 0.3 is 0 Å². The van der Waals surface area contributed by atoms with Crippen LogP contribution in [0.15, 0.2) is 22.7 Å². The Labute approximate surface area is 113 Å². The Hall–Kier alpha value is 0.350. The molecule has 2 nitrogen and oxygen atoms in total. The molecule has 0 aliphatic carbocycles. The summed E-state index contributed by atoms with van der Waals surface area (Å²) in [7, 11) is 1.98. The SMILES string of the molecule is CNCCCNCc1cc(I)ccc1Br. The monoisotopic (exact) mass is 382 g/mol. The van der Waals surface area contributed by atoms with Crippen molar-refractivity contribution in [2.24, 2.45) is 0 Å². The molecule has 2 N–H and O–H groups in total. The second kappa shape index (κ2) is 7.60. The molecule has 0 aliphatic heterocycles. The van der Waals surface area contributed by atoms with Crippen LogP contribution in [0.3, 0.4) is 0 Å². The summed E-state index contributed by atoms with van der Waals surface area (Å²) in [5.41, 5.74) is 1.33. The highest BCUT2D eigenvalue weighted by Crippen LogP contribution is 2.19. The lowest BCUT2D eigenvalue weighted by Gasteiger charge is -2.07. The van der Waals surface area contributed by atoms with Crippen LogP contribution in [0.25, 0.3) is 0 Å². The van der Waals surface area contributed by atoms with E-state index in [0.717, 1.165) is 26.1 Å². The number of hydrogen-bond donors (Lipinski definition) is 2. The van der Waals surface area contributed by atoms with Crippen molar-refractivity contribution in [3.05, 3.63) is 31.8 Å². The van der Waals surface area contributed by atoms with E-state index in [0.29, 0.717) is 0 Å². The van der Waals surface area contributed by atoms with E-state index in [1.807, 2.05) is 7.05 Å². The maximum Gasteiger partial charge on any atom is 0.0220 e. The number of benzene rings is 1. The van der Waals surface area contributed by atoms with E-state index >= 15 is 0 Å². The summed E-state index contributed by atoms with van der Waals surface area (Å²) in [5.74, 6) is 0. The van der Waals surface area contributed by atoms with Crippen LogP contribution >= 0.6 is 38.5 Å². The minimum absolute atomic E-state index is 0.932. The molecule has 0 amide bonds. The molecule has 0 atom stereocenters. The van der Waals surface area contributed by atoms with Crippen LogP contribution in [0.5, 0.6) is 0 Å². The van der Waals surface area contributed by atoms with Crippen molar-refractivity contribution >= 4 is 38.5 Å². The van der Waals surface area contributed by atoms with Crippen molar-refractivity contribution in [3.8, 4) is 0 Å². The van der Waals surface area contributed by atoms with Crippen molar-refractivity contribution in [1.82, 2.24) is 10.6 Å². The molecule has 0 heterocycles. The summed E-state index contributed by atoms with van der Waals surface area (Å²) in [6.45, 7) is 3.06. The van der Waals surface area contributed by atoms with Crippen LogP contribution in [-0.4, -0.2) is 20.1 Å². The molecule has 0 aromatic heterocycles. The lowest BCUT2D eigenvalue weighted by Crippen LogP contribution is -2.19. The first-order valence-corrected chi connectivity index (χ1v) is 6.90. The molecule has 0 aliphatic rings. The molecule has 0 bridgehead atoms. The molecular weight excluding hydrogens is 367 g/mol. The first-order chi connectivity index (χ1) is 7.24. The minimum atomic E-state index is 0.932. The van der Waals surface area contributed by atoms with Crippen molar-refractivity contribution in [1.29, 1.82) is 0 Å². The smallest absolute Gasteiger partial charge is 0.0220 e. The van der Waals surface area contributed by atoms with Gasteiger partial charge in [0.2, 0.25) is 0 Å². The van der Waals surface area contributed by atoms with Gasteiger partial charge in [0, 0.05) is 14.6 Å². The van der Waals surface area contributed by atoms with E-state index in [2.05, 4.69) is 67.4 Å². The molecule has 15 heavy (non-hydrogen) atoms. The molecule has 0 spiro atoms. The molecule has 0 unspecified atom stereocenters. The van der Waals surface area contributed by atoms with E-state index in [1.54, 1.807) is 0 Å². The summed E-state index contributed by atoms with van der Waals surface area (Å²) in [4.78, 5) is 0. The zero-order valence-electron chi connectivity index (χ0n) is 8.82. The summed E-state index contributed by atoms with van der Waals surface area (Å²) >= 11 is 5.90. The van der Waals surface area contributed by atoms with Crippen LogP contribution < -0.4 is 10.6 Å². The fourth-order valence-corrected chi connectivity index (χ4v) is 2.23. The summed E-state index contributed by atoms with van der Waals surface area (Å²) < 4.78 is 2.46. The van der Waals surface area contributed by atoms with Crippen LogP contribution in [0.1, 0.15) is 12.0 Å². The maximum absolute atomic E-state index is 3.56. The Morgan fingerprint density at radius 3 is 2.87 bits per heavy atom. The lowest BCUT2D eigenvalue weighted by atomic mass is 10.2. The average molecular weight is 383 g/mol. The highest BCUT2D eigenvalue weighted by molar-refractivity contribution is 14.1. The van der Waals surface area contributed by atoms with Gasteiger partial charge in [-0.05, 0) is 72.9 Å². The number of halogens is 2. The molecule has 0 saturated heterocycles. The normalized spacial score (nSPS) is 10.6. The predicted octanol–water partition coefficient (Wildman–Crippen LogP) is 2.75. The largest absolute Gasteiger partial charge is 0.320 e. The average Bonchev–Trinajstić information content (AvgIpc) is 2.23. The quantitative estimate of drug-likeness (QED) is 0.584. The fraction of sp³-hybridized carbons (Fsp3) is 0.455. The summed E-state index contributed by atoms with van der Waals surface area (Å²) in [6, 6.07) is 6.41. The van der Waals surface area contributed by atoms with Gasteiger partial charge in [-0.1, -0.05) is 15.9 Å². The minimum Gasteiger partial charge on any atom is -0.320 e. The Morgan fingerprint density at radius 2 is 2.13 bits per heavy atom. The van der Waals surface area contributed by atoms with E-state index < -0.39 is 0 Å². The van der Waals surface area contributed by atoms with Crippen molar-refractivity contribution in [3.63, 3.8) is 0 Å². The van der Waals surface area contributed by atoms with Gasteiger partial charge in [0.05, 0.1) is 0 Å². The number of nitrogens with one attached hydrogen (secondary N) is 2. The Morgan fingerprint density at radius 1 is 1.33 bits per heavy atom. The molecule has 84 valence electrons. The van der Waals surface area contributed by atoms with Crippen molar-refractivity contribution in [2.45, 2.75) is 13.0 Å². The third-order valence-electron chi connectivity index (χ3n) is 2.10. The first-order valence-electron chi connectivity index (χ1n) is 5.03. The molecule has 4 heteroatoms. The zero-order valence-corrected chi connectivity index (χ0v) is 12.6. The van der Waals surface area contributed by atoms with Crippen LogP contribution in [0.2, 0.25) is 0 Å². The summed E-state index contributed by atoms with van der Waals surface area (Å²) in [5, 5.41) is 6.57. The highest BCUT2D eigenvalue weighted by Gasteiger charge is 1.99. The highest BCUT2D eigenvalue weighted by atomic mass is 127. The summed E-state index contributed by atoms with van der Waals surface area (Å²) in [6.07, 6.45) is 1.16. The van der Waals surface area contributed by atoms with E-state index in [9.17, 15) is 0 Å². The Kier molecular flexibility index (Phi) is 6.79. The predicted molar refractivity (Wildman–Crippen MR) is 77.1 cm³/mol. The van der Waals surface area contributed by atoms with Crippen LogP contribution in [0.4, 0.5) is 0 Å². The molecule has 0 fully saturated rings. The maximum atomic E-state index is 3.56. The van der Waals surface area contributed by atoms with Gasteiger partial charge in [-0.2, -0.15) is 0 Å². The molecule has 0 saturated carbocycles. The van der Waals surface area contributed by atoms with Gasteiger partial charge < -0.3 is 10.6 Å². The fourth-order valence-electron chi connectivity index (χ4n) is 1.29. The molecule has 1 aromatic rings. The number of rotatable bonds is 6. The Bertz CT molecular complexity index is 305. The van der Waals surface area contributed by atoms with Gasteiger partial charge in [-0.3, -0.25) is 0 Å². The van der Waals surface area contributed by atoms with Crippen molar-refractivity contribution < 1.29 is 0 Å². The van der Waals surface area contributed by atoms with Gasteiger partial charge in [0.25, 0.3) is 0 Å². The van der Waals surface area contributed by atoms with Crippen LogP contribution in [-0.2, 0) is 6.54 Å². The Balaban J connectivity index is 2.33. The molecule has 1 aromatic carbocycles. The first kappa shape index (κ1) is 13.4. The van der Waals surface area contributed by atoms with Crippen molar-refractivity contribution in [2.75, 3.05) is 20.1 Å². The number of hydrogen-bond acceptors (Lipinski definition) is 2. The molecule has 1 rings (SSSR count). The standard InChI is InChI=1S/C11H16BrIN2/c1-14-5-2-6-15-8-9-7-10(13)3-4-11(9)12/h3-4,7,14-15H,2,5-6,8H2,1H3. The molecular formula is C11H16BrIN2. The zero-order chi connectivity index (χ0) is 11.1. The van der Waals surface area contributed by atoms with Gasteiger partial charge in [0.15, 0.2) is 0 Å². The van der Waals surface area contributed by atoms with Gasteiger partial charge in [0.1, 0.15) is 0 Å². The lowest BCUT2D eigenvalue weighted by molar-refractivity contribution is 0.624. The van der Waals surface area contributed by atoms with Gasteiger partial charge in [-0.25, -0.2) is 0 Å². The van der Waals surface area contributed by atoms with E-state index in [1.165, 1.54) is 13.6 Å². The van der Waals surface area contributed by atoms with Gasteiger partial charge in [-0.15, -0.1) is 0 Å². The third kappa shape index (κ3) is 5.29. The second-order valence-corrected chi connectivity index (χ2v) is 5.47. The second-order valence-electron chi connectivity index (χ2n) is 3.37. The third-order valence-corrected chi connectivity index (χ3v) is 3.55. The topological polar surface area (TPSA) is 24.1 Å².